The molecule has 1 amide bonds. The Morgan fingerprint density at radius 3 is 2.86 bits per heavy atom. The Morgan fingerprint density at radius 1 is 1.14 bits per heavy atom. The Kier molecular flexibility index (Phi) is 2.64. The van der Waals surface area contributed by atoms with Crippen molar-refractivity contribution in [1.82, 2.24) is 15.3 Å². The first-order valence-corrected chi connectivity index (χ1v) is 6.85. The maximum atomic E-state index is 12.2. The second-order valence-corrected chi connectivity index (χ2v) is 5.09. The van der Waals surface area contributed by atoms with Gasteiger partial charge in [-0.25, -0.2) is 4.98 Å². The number of amides is 1. The molecular weight excluding hydrogens is 264 g/mol. The summed E-state index contributed by atoms with van der Waals surface area (Å²) >= 11 is 0. The quantitative estimate of drug-likeness (QED) is 0.755. The summed E-state index contributed by atoms with van der Waals surface area (Å²) in [4.78, 5) is 21.6. The molecule has 21 heavy (non-hydrogen) atoms. The highest BCUT2D eigenvalue weighted by molar-refractivity contribution is 5.91. The number of hydrogen-bond donors (Lipinski definition) is 2. The molecule has 0 radical (unpaired) electrons. The van der Waals surface area contributed by atoms with Crippen molar-refractivity contribution in [1.29, 1.82) is 0 Å². The predicted octanol–water partition coefficient (Wildman–Crippen LogP) is 2.20. The van der Waals surface area contributed by atoms with Crippen LogP contribution in [0.4, 0.5) is 5.69 Å². The Hall–Kier alpha value is -2.82. The van der Waals surface area contributed by atoms with Crippen molar-refractivity contribution in [3.8, 4) is 0 Å². The number of aromatic nitrogens is 2. The lowest BCUT2D eigenvalue weighted by Gasteiger charge is -2.24. The molecule has 0 spiro atoms. The summed E-state index contributed by atoms with van der Waals surface area (Å²) in [5.41, 5.74) is 3.88. The van der Waals surface area contributed by atoms with Crippen LogP contribution < -0.4 is 10.2 Å². The predicted molar refractivity (Wildman–Crippen MR) is 80.8 cm³/mol. The van der Waals surface area contributed by atoms with Gasteiger partial charge in [0.15, 0.2) is 0 Å². The molecule has 2 heterocycles. The summed E-state index contributed by atoms with van der Waals surface area (Å²) in [6, 6.07) is 15.5. The Bertz CT molecular complexity index is 796. The molecule has 1 unspecified atom stereocenters. The fourth-order valence-corrected chi connectivity index (χ4v) is 2.80. The number of H-pyrrole nitrogens is 1. The van der Waals surface area contributed by atoms with Gasteiger partial charge in [-0.3, -0.25) is 4.79 Å². The van der Waals surface area contributed by atoms with Crippen LogP contribution in [0, 0.1) is 0 Å². The minimum atomic E-state index is -0.289. The SMILES string of the molecule is O=C1NCN(c2ccc3[nH]cnc3c2)C1c1ccccc1. The average molecular weight is 278 g/mol. The minimum absolute atomic E-state index is 0.0309. The van der Waals surface area contributed by atoms with Gasteiger partial charge in [-0.05, 0) is 23.8 Å². The highest BCUT2D eigenvalue weighted by atomic mass is 16.2. The lowest BCUT2D eigenvalue weighted by Crippen LogP contribution is -2.25. The van der Waals surface area contributed by atoms with Crippen LogP contribution in [-0.2, 0) is 4.79 Å². The van der Waals surface area contributed by atoms with Crippen LogP contribution in [-0.4, -0.2) is 22.5 Å². The Balaban J connectivity index is 1.77. The number of imidazole rings is 1. The number of fused-ring (bicyclic) bond motifs is 1. The topological polar surface area (TPSA) is 61.0 Å². The lowest BCUT2D eigenvalue weighted by atomic mass is 10.1. The number of nitrogens with one attached hydrogen (secondary N) is 2. The number of carbonyl (C=O) groups is 1. The molecule has 1 saturated heterocycles. The van der Waals surface area contributed by atoms with Crippen molar-refractivity contribution in [2.45, 2.75) is 6.04 Å². The van der Waals surface area contributed by atoms with E-state index in [9.17, 15) is 4.79 Å². The van der Waals surface area contributed by atoms with E-state index < -0.39 is 0 Å². The van der Waals surface area contributed by atoms with Gasteiger partial charge in [0.25, 0.3) is 0 Å². The molecule has 5 nitrogen and oxygen atoms in total. The Morgan fingerprint density at radius 2 is 2.00 bits per heavy atom. The van der Waals surface area contributed by atoms with Crippen molar-refractivity contribution in [2.75, 3.05) is 11.6 Å². The molecular formula is C16H14N4O. The minimum Gasteiger partial charge on any atom is -0.345 e. The number of nitrogens with zero attached hydrogens (tertiary/aromatic N) is 2. The van der Waals surface area contributed by atoms with E-state index in [1.165, 1.54) is 0 Å². The van der Waals surface area contributed by atoms with Crippen molar-refractivity contribution < 1.29 is 4.79 Å². The molecule has 1 aliphatic heterocycles. The molecule has 1 aliphatic rings. The molecule has 0 saturated carbocycles. The van der Waals surface area contributed by atoms with Crippen LogP contribution in [0.3, 0.4) is 0 Å². The van der Waals surface area contributed by atoms with Gasteiger partial charge in [0.2, 0.25) is 5.91 Å². The number of benzene rings is 2. The van der Waals surface area contributed by atoms with E-state index in [-0.39, 0.29) is 11.9 Å². The van der Waals surface area contributed by atoms with Gasteiger partial charge in [0.1, 0.15) is 6.04 Å². The first-order chi connectivity index (χ1) is 10.3. The van der Waals surface area contributed by atoms with E-state index in [0.717, 1.165) is 22.3 Å². The van der Waals surface area contributed by atoms with E-state index in [4.69, 9.17) is 0 Å². The maximum absolute atomic E-state index is 12.2. The summed E-state index contributed by atoms with van der Waals surface area (Å²) in [6.45, 7) is 0.508. The molecule has 104 valence electrons. The largest absolute Gasteiger partial charge is 0.345 e. The maximum Gasteiger partial charge on any atom is 0.248 e. The summed E-state index contributed by atoms with van der Waals surface area (Å²) in [5.74, 6) is 0.0309. The Labute approximate surface area is 121 Å². The van der Waals surface area contributed by atoms with E-state index >= 15 is 0 Å². The van der Waals surface area contributed by atoms with Crippen LogP contribution in [0.15, 0.2) is 54.9 Å². The highest BCUT2D eigenvalue weighted by Crippen LogP contribution is 2.31. The second kappa shape index (κ2) is 4.63. The van der Waals surface area contributed by atoms with Gasteiger partial charge in [-0.2, -0.15) is 0 Å². The average Bonchev–Trinajstić information content (AvgIpc) is 3.13. The van der Waals surface area contributed by atoms with Crippen molar-refractivity contribution in [2.24, 2.45) is 0 Å². The molecule has 1 aromatic heterocycles. The monoisotopic (exact) mass is 278 g/mol. The van der Waals surface area contributed by atoms with E-state index in [0.29, 0.717) is 6.67 Å². The van der Waals surface area contributed by atoms with Gasteiger partial charge < -0.3 is 15.2 Å². The molecule has 1 atom stereocenters. The number of anilines is 1. The van der Waals surface area contributed by atoms with Crippen LogP contribution in [0.1, 0.15) is 11.6 Å². The first kappa shape index (κ1) is 12.0. The third-order valence-electron chi connectivity index (χ3n) is 3.84. The zero-order valence-corrected chi connectivity index (χ0v) is 11.3. The molecule has 0 bridgehead atoms. The molecule has 3 aromatic rings. The zero-order chi connectivity index (χ0) is 14.2. The summed E-state index contributed by atoms with van der Waals surface area (Å²) in [5, 5.41) is 2.92. The number of rotatable bonds is 2. The third kappa shape index (κ3) is 1.94. The third-order valence-corrected chi connectivity index (χ3v) is 3.84. The van der Waals surface area contributed by atoms with Crippen molar-refractivity contribution in [3.63, 3.8) is 0 Å². The molecule has 0 aliphatic carbocycles. The van der Waals surface area contributed by atoms with Crippen LogP contribution in [0.5, 0.6) is 0 Å². The van der Waals surface area contributed by atoms with Gasteiger partial charge >= 0.3 is 0 Å². The number of aromatic amines is 1. The molecule has 2 N–H and O–H groups in total. The van der Waals surface area contributed by atoms with Gasteiger partial charge in [0.05, 0.1) is 24.0 Å². The number of carbonyl (C=O) groups excluding carboxylic acids is 1. The molecule has 2 aromatic carbocycles. The normalized spacial score (nSPS) is 18.2. The summed E-state index contributed by atoms with van der Waals surface area (Å²) in [7, 11) is 0. The summed E-state index contributed by atoms with van der Waals surface area (Å²) in [6.07, 6.45) is 1.68. The van der Waals surface area contributed by atoms with E-state index in [1.807, 2.05) is 48.5 Å². The lowest BCUT2D eigenvalue weighted by molar-refractivity contribution is -0.120. The first-order valence-electron chi connectivity index (χ1n) is 6.85. The fourth-order valence-electron chi connectivity index (χ4n) is 2.80. The zero-order valence-electron chi connectivity index (χ0n) is 11.3. The van der Waals surface area contributed by atoms with Crippen LogP contribution >= 0.6 is 0 Å². The van der Waals surface area contributed by atoms with Crippen LogP contribution in [0.25, 0.3) is 11.0 Å². The summed E-state index contributed by atoms with van der Waals surface area (Å²) < 4.78 is 0. The highest BCUT2D eigenvalue weighted by Gasteiger charge is 2.33. The number of hydrogen-bond acceptors (Lipinski definition) is 3. The van der Waals surface area contributed by atoms with Gasteiger partial charge in [0, 0.05) is 5.69 Å². The van der Waals surface area contributed by atoms with E-state index in [2.05, 4.69) is 20.2 Å². The van der Waals surface area contributed by atoms with Gasteiger partial charge in [-0.1, -0.05) is 30.3 Å². The molecule has 4 rings (SSSR count). The molecule has 5 heteroatoms. The van der Waals surface area contributed by atoms with Gasteiger partial charge in [-0.15, -0.1) is 0 Å². The molecule has 1 fully saturated rings. The smallest absolute Gasteiger partial charge is 0.248 e. The van der Waals surface area contributed by atoms with Crippen LogP contribution in [0.2, 0.25) is 0 Å². The van der Waals surface area contributed by atoms with Crippen molar-refractivity contribution in [3.05, 3.63) is 60.4 Å². The fraction of sp³-hybridized carbons (Fsp3) is 0.125. The standard InChI is InChI=1S/C16H14N4O/c21-16-15(11-4-2-1-3-5-11)20(10-19-16)12-6-7-13-14(8-12)18-9-17-13/h1-9,15H,10H2,(H,17,18)(H,19,21). The van der Waals surface area contributed by atoms with Crippen molar-refractivity contribution >= 4 is 22.6 Å². The van der Waals surface area contributed by atoms with E-state index in [1.54, 1.807) is 6.33 Å². The second-order valence-electron chi connectivity index (χ2n) is 5.09.